The number of hydrogen-bond donors (Lipinski definition) is 1. The van der Waals surface area contributed by atoms with E-state index >= 15 is 0 Å². The number of aromatic nitrogens is 2. The van der Waals surface area contributed by atoms with Crippen molar-refractivity contribution in [1.82, 2.24) is 9.55 Å². The zero-order chi connectivity index (χ0) is 13.8. The Balaban J connectivity index is 2.25. The predicted octanol–water partition coefficient (Wildman–Crippen LogP) is 1.85. The Morgan fingerprint density at radius 1 is 1.42 bits per heavy atom. The maximum absolute atomic E-state index is 11.1. The maximum atomic E-state index is 11.1. The largest absolute Gasteiger partial charge is 0.497 e. The summed E-state index contributed by atoms with van der Waals surface area (Å²) in [6.45, 7) is 1.76. The van der Waals surface area contributed by atoms with Gasteiger partial charge in [-0.05, 0) is 31.2 Å². The van der Waals surface area contributed by atoms with Gasteiger partial charge in [0.05, 0.1) is 12.4 Å². The van der Waals surface area contributed by atoms with Gasteiger partial charge in [-0.3, -0.25) is 9.36 Å². The number of carbonyl (C=O) groups is 1. The number of thioether (sulfide) groups is 1. The number of hydrogen-bond acceptors (Lipinski definition) is 4. The second kappa shape index (κ2) is 5.79. The number of primary amides is 1. The van der Waals surface area contributed by atoms with Crippen molar-refractivity contribution in [2.24, 2.45) is 5.73 Å². The lowest BCUT2D eigenvalue weighted by Crippen LogP contribution is -2.22. The van der Waals surface area contributed by atoms with E-state index < -0.39 is 0 Å². The van der Waals surface area contributed by atoms with Gasteiger partial charge in [0.1, 0.15) is 5.75 Å². The molecule has 2 aromatic rings. The lowest BCUT2D eigenvalue weighted by Gasteiger charge is -2.10. The highest BCUT2D eigenvalue weighted by molar-refractivity contribution is 8.00. The number of benzene rings is 1. The van der Waals surface area contributed by atoms with Gasteiger partial charge in [0.15, 0.2) is 5.16 Å². The molecule has 1 atom stereocenters. The van der Waals surface area contributed by atoms with Gasteiger partial charge in [0.2, 0.25) is 5.91 Å². The van der Waals surface area contributed by atoms with Crippen molar-refractivity contribution in [2.75, 3.05) is 7.11 Å². The maximum Gasteiger partial charge on any atom is 0.230 e. The molecule has 1 aromatic heterocycles. The minimum Gasteiger partial charge on any atom is -0.497 e. The van der Waals surface area contributed by atoms with Crippen molar-refractivity contribution < 1.29 is 9.53 Å². The molecule has 0 aliphatic carbocycles. The average molecular weight is 277 g/mol. The number of rotatable bonds is 5. The summed E-state index contributed by atoms with van der Waals surface area (Å²) in [5, 5.41) is 0.413. The van der Waals surface area contributed by atoms with E-state index in [0.29, 0.717) is 0 Å². The third-order valence-electron chi connectivity index (χ3n) is 2.64. The fourth-order valence-corrected chi connectivity index (χ4v) is 2.37. The third kappa shape index (κ3) is 3.08. The molecular weight excluding hydrogens is 262 g/mol. The summed E-state index contributed by atoms with van der Waals surface area (Å²) < 4.78 is 7.03. The smallest absolute Gasteiger partial charge is 0.230 e. The van der Waals surface area contributed by atoms with Crippen LogP contribution < -0.4 is 10.5 Å². The van der Waals surface area contributed by atoms with Crippen LogP contribution in [-0.4, -0.2) is 27.8 Å². The van der Waals surface area contributed by atoms with E-state index in [1.807, 2.05) is 35.0 Å². The summed E-state index contributed by atoms with van der Waals surface area (Å²) in [6, 6.07) is 7.61. The van der Waals surface area contributed by atoms with Crippen molar-refractivity contribution >= 4 is 17.7 Å². The predicted molar refractivity (Wildman–Crippen MR) is 74.6 cm³/mol. The van der Waals surface area contributed by atoms with E-state index in [9.17, 15) is 4.79 Å². The van der Waals surface area contributed by atoms with Crippen molar-refractivity contribution in [2.45, 2.75) is 17.3 Å². The minimum atomic E-state index is -0.353. The van der Waals surface area contributed by atoms with Gasteiger partial charge in [0, 0.05) is 18.1 Å². The molecular formula is C13H15N3O2S. The molecule has 1 heterocycles. The van der Waals surface area contributed by atoms with Crippen molar-refractivity contribution in [3.05, 3.63) is 36.7 Å². The molecule has 19 heavy (non-hydrogen) atoms. The molecule has 0 aliphatic rings. The zero-order valence-electron chi connectivity index (χ0n) is 10.7. The van der Waals surface area contributed by atoms with E-state index in [-0.39, 0.29) is 11.2 Å². The lowest BCUT2D eigenvalue weighted by atomic mass is 10.3. The molecule has 0 bridgehead atoms. The number of nitrogens with zero attached hydrogens (tertiary/aromatic N) is 2. The first kappa shape index (κ1) is 13.5. The van der Waals surface area contributed by atoms with Gasteiger partial charge in [-0.15, -0.1) is 0 Å². The van der Waals surface area contributed by atoms with E-state index in [1.54, 1.807) is 20.2 Å². The summed E-state index contributed by atoms with van der Waals surface area (Å²) in [4.78, 5) is 15.3. The number of methoxy groups -OCH3 is 1. The van der Waals surface area contributed by atoms with Crippen LogP contribution in [0.25, 0.3) is 5.69 Å². The Bertz CT molecular complexity index is 566. The number of carbonyl (C=O) groups excluding carboxylic acids is 1. The van der Waals surface area contributed by atoms with Gasteiger partial charge < -0.3 is 10.5 Å². The fraction of sp³-hybridized carbons (Fsp3) is 0.231. The first-order valence-electron chi connectivity index (χ1n) is 5.75. The molecule has 1 unspecified atom stereocenters. The lowest BCUT2D eigenvalue weighted by molar-refractivity contribution is -0.117. The molecule has 0 aliphatic heterocycles. The Hall–Kier alpha value is -1.95. The highest BCUT2D eigenvalue weighted by atomic mass is 32.2. The molecule has 0 radical (unpaired) electrons. The van der Waals surface area contributed by atoms with Crippen LogP contribution in [0.1, 0.15) is 6.92 Å². The van der Waals surface area contributed by atoms with Crippen molar-refractivity contribution in [3.8, 4) is 11.4 Å². The SMILES string of the molecule is COc1ccc(-n2ccnc2SC(C)C(N)=O)cc1. The second-order valence-corrected chi connectivity index (χ2v) is 5.25. The third-order valence-corrected chi connectivity index (χ3v) is 3.74. The number of amides is 1. The Kier molecular flexibility index (Phi) is 4.11. The van der Waals surface area contributed by atoms with Gasteiger partial charge in [-0.25, -0.2) is 4.98 Å². The minimum absolute atomic E-state index is 0.320. The molecule has 0 fully saturated rings. The summed E-state index contributed by atoms with van der Waals surface area (Å²) in [6.07, 6.45) is 3.54. The molecule has 5 nitrogen and oxygen atoms in total. The number of nitrogens with two attached hydrogens (primary N) is 1. The van der Waals surface area contributed by atoms with E-state index in [4.69, 9.17) is 10.5 Å². The van der Waals surface area contributed by atoms with Crippen LogP contribution >= 0.6 is 11.8 Å². The van der Waals surface area contributed by atoms with E-state index in [0.717, 1.165) is 16.6 Å². The summed E-state index contributed by atoms with van der Waals surface area (Å²) in [5.74, 6) is 0.442. The van der Waals surface area contributed by atoms with Crippen molar-refractivity contribution in [1.29, 1.82) is 0 Å². The Labute approximate surface area is 115 Å². The van der Waals surface area contributed by atoms with E-state index in [2.05, 4.69) is 4.98 Å². The van der Waals surface area contributed by atoms with Gasteiger partial charge in [0.25, 0.3) is 0 Å². The van der Waals surface area contributed by atoms with Crippen LogP contribution in [0.2, 0.25) is 0 Å². The Morgan fingerprint density at radius 3 is 2.68 bits per heavy atom. The molecule has 1 amide bonds. The van der Waals surface area contributed by atoms with Crippen LogP contribution in [0, 0.1) is 0 Å². The normalized spacial score (nSPS) is 12.1. The van der Waals surface area contributed by atoms with Gasteiger partial charge in [-0.1, -0.05) is 11.8 Å². The molecule has 0 saturated heterocycles. The highest BCUT2D eigenvalue weighted by Gasteiger charge is 2.14. The van der Waals surface area contributed by atoms with Crippen LogP contribution in [0.4, 0.5) is 0 Å². The zero-order valence-corrected chi connectivity index (χ0v) is 11.6. The topological polar surface area (TPSA) is 70.1 Å². The first-order chi connectivity index (χ1) is 9.11. The van der Waals surface area contributed by atoms with Crippen LogP contribution in [0.15, 0.2) is 41.8 Å². The molecule has 1 aromatic carbocycles. The van der Waals surface area contributed by atoms with Gasteiger partial charge >= 0.3 is 0 Å². The highest BCUT2D eigenvalue weighted by Crippen LogP contribution is 2.25. The molecule has 2 N–H and O–H groups in total. The van der Waals surface area contributed by atoms with Crippen LogP contribution in [-0.2, 0) is 4.79 Å². The quantitative estimate of drug-likeness (QED) is 0.847. The first-order valence-corrected chi connectivity index (χ1v) is 6.63. The average Bonchev–Trinajstić information content (AvgIpc) is 2.87. The molecule has 100 valence electrons. The molecule has 2 rings (SSSR count). The van der Waals surface area contributed by atoms with Gasteiger partial charge in [-0.2, -0.15) is 0 Å². The van der Waals surface area contributed by atoms with Crippen molar-refractivity contribution in [3.63, 3.8) is 0 Å². The van der Waals surface area contributed by atoms with E-state index in [1.165, 1.54) is 11.8 Å². The molecule has 6 heteroatoms. The molecule has 0 spiro atoms. The Morgan fingerprint density at radius 2 is 2.11 bits per heavy atom. The second-order valence-electron chi connectivity index (χ2n) is 3.94. The monoisotopic (exact) mass is 277 g/mol. The van der Waals surface area contributed by atoms with Crippen LogP contribution in [0.5, 0.6) is 5.75 Å². The fourth-order valence-electron chi connectivity index (χ4n) is 1.53. The van der Waals surface area contributed by atoms with Crippen LogP contribution in [0.3, 0.4) is 0 Å². The number of imidazole rings is 1. The molecule has 0 saturated carbocycles. The summed E-state index contributed by atoms with van der Waals surface area (Å²) >= 11 is 1.34. The standard InChI is InChI=1S/C13H15N3O2S/c1-9(12(14)17)19-13-15-7-8-16(13)10-3-5-11(18-2)6-4-10/h3-9H,1-2H3,(H2,14,17). The number of ether oxygens (including phenoxy) is 1. The summed E-state index contributed by atoms with van der Waals surface area (Å²) in [7, 11) is 1.63. The summed E-state index contributed by atoms with van der Waals surface area (Å²) in [5.41, 5.74) is 6.22.